The smallest absolute Gasteiger partial charge is 0.219 e. The van der Waals surface area contributed by atoms with Crippen LogP contribution in [0.25, 0.3) is 0 Å². The Kier molecular flexibility index (Phi) is 5.69. The first-order chi connectivity index (χ1) is 10.0. The maximum atomic E-state index is 12.3. The van der Waals surface area contributed by atoms with Crippen molar-refractivity contribution in [1.29, 1.82) is 0 Å². The number of methoxy groups -OCH3 is 1. The van der Waals surface area contributed by atoms with Crippen LogP contribution in [0.4, 0.5) is 0 Å². The Morgan fingerprint density at radius 1 is 1.43 bits per heavy atom. The molecule has 2 atom stereocenters. The molecule has 6 nitrogen and oxygen atoms in total. The second kappa shape index (κ2) is 7.31. The van der Waals surface area contributed by atoms with Gasteiger partial charge in [-0.1, -0.05) is 0 Å². The minimum absolute atomic E-state index is 0.0531. The van der Waals surface area contributed by atoms with Crippen molar-refractivity contribution in [2.75, 3.05) is 26.8 Å². The van der Waals surface area contributed by atoms with Crippen molar-refractivity contribution < 1.29 is 17.9 Å². The van der Waals surface area contributed by atoms with Gasteiger partial charge in [0.2, 0.25) is 10.0 Å². The van der Waals surface area contributed by atoms with E-state index in [-0.39, 0.29) is 12.7 Å². The largest absolute Gasteiger partial charge is 0.383 e. The number of rotatable bonds is 7. The molecule has 1 saturated heterocycles. The Labute approximate surface area is 126 Å². The van der Waals surface area contributed by atoms with Crippen molar-refractivity contribution in [3.8, 4) is 0 Å². The van der Waals surface area contributed by atoms with Crippen molar-refractivity contribution in [3.05, 3.63) is 30.1 Å². The molecule has 0 saturated carbocycles. The van der Waals surface area contributed by atoms with Gasteiger partial charge in [0.05, 0.1) is 24.6 Å². The third-order valence-electron chi connectivity index (χ3n) is 3.61. The van der Waals surface area contributed by atoms with Crippen LogP contribution in [0.2, 0.25) is 0 Å². The topological polar surface area (TPSA) is 68.7 Å². The molecule has 1 aromatic rings. The molecular weight excluding hydrogens is 292 g/mol. The second-order valence-electron chi connectivity index (χ2n) is 5.25. The molecule has 0 radical (unpaired) electrons. The van der Waals surface area contributed by atoms with Crippen LogP contribution in [0, 0.1) is 0 Å². The van der Waals surface area contributed by atoms with Crippen LogP contribution in [0.15, 0.2) is 24.5 Å². The first kappa shape index (κ1) is 16.4. The minimum atomic E-state index is -3.30. The average molecular weight is 314 g/mol. The van der Waals surface area contributed by atoms with E-state index in [0.717, 1.165) is 12.0 Å². The second-order valence-corrected chi connectivity index (χ2v) is 7.60. The number of aromatic nitrogens is 1. The first-order valence-corrected chi connectivity index (χ1v) is 8.52. The number of hydrogen-bond donors (Lipinski definition) is 0. The lowest BCUT2D eigenvalue weighted by Crippen LogP contribution is -2.38. The summed E-state index contributed by atoms with van der Waals surface area (Å²) >= 11 is 0. The molecule has 1 fully saturated rings. The predicted molar refractivity (Wildman–Crippen MR) is 79.3 cm³/mol. The molecule has 0 bridgehead atoms. The lowest BCUT2D eigenvalue weighted by molar-refractivity contribution is 0.0507. The molecule has 0 N–H and O–H groups in total. The lowest BCUT2D eigenvalue weighted by Gasteiger charge is -2.21. The summed E-state index contributed by atoms with van der Waals surface area (Å²) in [6.07, 6.45) is 4.11. The Morgan fingerprint density at radius 2 is 2.14 bits per heavy atom. The normalized spacial score (nSPS) is 21.5. The zero-order valence-corrected chi connectivity index (χ0v) is 13.3. The molecule has 118 valence electrons. The zero-order valence-electron chi connectivity index (χ0n) is 12.4. The highest BCUT2D eigenvalue weighted by atomic mass is 32.2. The molecule has 1 aromatic heterocycles. The Hall–Kier alpha value is -1.02. The molecule has 0 aromatic carbocycles. The van der Waals surface area contributed by atoms with Crippen LogP contribution >= 0.6 is 0 Å². The Morgan fingerprint density at radius 3 is 2.81 bits per heavy atom. The van der Waals surface area contributed by atoms with Crippen LogP contribution in [0.3, 0.4) is 0 Å². The molecule has 1 aliphatic heterocycles. The van der Waals surface area contributed by atoms with E-state index < -0.39 is 15.3 Å². The van der Waals surface area contributed by atoms with Crippen LogP contribution in [-0.2, 0) is 26.1 Å². The van der Waals surface area contributed by atoms with E-state index in [2.05, 4.69) is 4.98 Å². The molecule has 2 heterocycles. The summed E-state index contributed by atoms with van der Waals surface area (Å²) < 4.78 is 36.9. The van der Waals surface area contributed by atoms with Gasteiger partial charge in [-0.15, -0.1) is 0 Å². The SMILES string of the molecule is COC[C@H](C)S(=O)(=O)N1CC[C@@H](OCc2ccncc2)C1. The number of nitrogens with zero attached hydrogens (tertiary/aromatic N) is 2. The van der Waals surface area contributed by atoms with Gasteiger partial charge in [0.25, 0.3) is 0 Å². The summed E-state index contributed by atoms with van der Waals surface area (Å²) in [6.45, 7) is 3.29. The predicted octanol–water partition coefficient (Wildman–Crippen LogP) is 1.04. The fourth-order valence-electron chi connectivity index (χ4n) is 2.33. The number of ether oxygens (including phenoxy) is 2. The van der Waals surface area contributed by atoms with E-state index in [1.807, 2.05) is 12.1 Å². The standard InChI is InChI=1S/C14H22N2O4S/c1-12(10-19-2)21(17,18)16-8-5-14(9-16)20-11-13-3-6-15-7-4-13/h3-4,6-7,12,14H,5,8-11H2,1-2H3/t12-,14+/m0/s1. The maximum absolute atomic E-state index is 12.3. The van der Waals surface area contributed by atoms with E-state index in [1.165, 1.54) is 11.4 Å². The summed E-state index contributed by atoms with van der Waals surface area (Å²) in [4.78, 5) is 3.95. The highest BCUT2D eigenvalue weighted by molar-refractivity contribution is 7.89. The third-order valence-corrected chi connectivity index (χ3v) is 5.82. The van der Waals surface area contributed by atoms with Crippen LogP contribution in [-0.4, -0.2) is 55.9 Å². The van der Waals surface area contributed by atoms with Gasteiger partial charge in [-0.25, -0.2) is 8.42 Å². The Balaban J connectivity index is 1.86. The van der Waals surface area contributed by atoms with Gasteiger partial charge >= 0.3 is 0 Å². The van der Waals surface area contributed by atoms with Gasteiger partial charge in [0.15, 0.2) is 0 Å². The molecular formula is C14H22N2O4S. The summed E-state index contributed by atoms with van der Waals surface area (Å²) in [5, 5.41) is -0.526. The summed E-state index contributed by atoms with van der Waals surface area (Å²) in [7, 11) is -1.79. The van der Waals surface area contributed by atoms with Gasteiger partial charge in [0.1, 0.15) is 0 Å². The molecule has 2 rings (SSSR count). The van der Waals surface area contributed by atoms with Gasteiger partial charge in [0, 0.05) is 32.6 Å². The molecule has 1 aliphatic rings. The third kappa shape index (κ3) is 4.23. The van der Waals surface area contributed by atoms with Gasteiger partial charge in [-0.3, -0.25) is 4.98 Å². The Bertz CT molecular complexity index is 535. The zero-order chi connectivity index (χ0) is 15.3. The number of pyridine rings is 1. The molecule has 0 amide bonds. The summed E-state index contributed by atoms with van der Waals surface area (Å²) in [5.41, 5.74) is 1.04. The van der Waals surface area contributed by atoms with E-state index in [1.54, 1.807) is 19.3 Å². The first-order valence-electron chi connectivity index (χ1n) is 7.02. The highest BCUT2D eigenvalue weighted by Crippen LogP contribution is 2.20. The molecule has 0 unspecified atom stereocenters. The van der Waals surface area contributed by atoms with Crippen LogP contribution in [0.5, 0.6) is 0 Å². The highest BCUT2D eigenvalue weighted by Gasteiger charge is 2.35. The van der Waals surface area contributed by atoms with Gasteiger partial charge in [-0.2, -0.15) is 4.31 Å². The fourth-order valence-corrected chi connectivity index (χ4v) is 3.88. The van der Waals surface area contributed by atoms with Crippen molar-refractivity contribution in [1.82, 2.24) is 9.29 Å². The summed E-state index contributed by atoms with van der Waals surface area (Å²) in [6, 6.07) is 3.79. The van der Waals surface area contributed by atoms with Crippen LogP contribution in [0.1, 0.15) is 18.9 Å². The number of hydrogen-bond acceptors (Lipinski definition) is 5. The molecule has 0 aliphatic carbocycles. The maximum Gasteiger partial charge on any atom is 0.219 e. The van der Waals surface area contributed by atoms with E-state index in [4.69, 9.17) is 9.47 Å². The summed E-state index contributed by atoms with van der Waals surface area (Å²) in [5.74, 6) is 0. The lowest BCUT2D eigenvalue weighted by atomic mass is 10.3. The van der Waals surface area contributed by atoms with Crippen molar-refractivity contribution in [2.45, 2.75) is 31.3 Å². The van der Waals surface area contributed by atoms with Gasteiger partial charge in [-0.05, 0) is 31.0 Å². The van der Waals surface area contributed by atoms with E-state index >= 15 is 0 Å². The minimum Gasteiger partial charge on any atom is -0.383 e. The monoisotopic (exact) mass is 314 g/mol. The average Bonchev–Trinajstić information content (AvgIpc) is 2.96. The number of sulfonamides is 1. The fraction of sp³-hybridized carbons (Fsp3) is 0.643. The van der Waals surface area contributed by atoms with Crippen molar-refractivity contribution in [2.24, 2.45) is 0 Å². The van der Waals surface area contributed by atoms with Crippen molar-refractivity contribution in [3.63, 3.8) is 0 Å². The van der Waals surface area contributed by atoms with E-state index in [0.29, 0.717) is 19.7 Å². The van der Waals surface area contributed by atoms with Gasteiger partial charge < -0.3 is 9.47 Å². The molecule has 0 spiro atoms. The molecule has 7 heteroatoms. The van der Waals surface area contributed by atoms with Crippen LogP contribution < -0.4 is 0 Å². The molecule has 21 heavy (non-hydrogen) atoms. The quantitative estimate of drug-likeness (QED) is 0.752. The van der Waals surface area contributed by atoms with E-state index in [9.17, 15) is 8.42 Å². The van der Waals surface area contributed by atoms with Crippen molar-refractivity contribution >= 4 is 10.0 Å².